The molecule has 0 unspecified atom stereocenters. The lowest BCUT2D eigenvalue weighted by Gasteiger charge is -2.00. The summed E-state index contributed by atoms with van der Waals surface area (Å²) in [5.74, 6) is 0. The molecule has 1 aromatic rings. The fraction of sp³-hybridized carbons (Fsp3) is 0. The van der Waals surface area contributed by atoms with Crippen molar-refractivity contribution in [3.63, 3.8) is 0 Å². The average Bonchev–Trinajstić information content (AvgIpc) is 2.12. The van der Waals surface area contributed by atoms with Crippen LogP contribution in [0.2, 0.25) is 5.02 Å². The first-order valence-electron chi connectivity index (χ1n) is 3.16. The summed E-state index contributed by atoms with van der Waals surface area (Å²) < 4.78 is 0.555. The van der Waals surface area contributed by atoms with Crippen LogP contribution >= 0.6 is 27.5 Å². The molecule has 5 heteroatoms. The van der Waals surface area contributed by atoms with Gasteiger partial charge in [0.05, 0.1) is 10.6 Å². The van der Waals surface area contributed by atoms with Crippen LogP contribution in [0.25, 0.3) is 0 Å². The second-order valence-corrected chi connectivity index (χ2v) is 3.30. The van der Waals surface area contributed by atoms with Gasteiger partial charge in [0.15, 0.2) is 0 Å². The molecule has 0 spiro atoms. The Morgan fingerprint density at radius 2 is 2.23 bits per heavy atom. The first kappa shape index (κ1) is 9.94. The van der Waals surface area contributed by atoms with Crippen LogP contribution < -0.4 is 0 Å². The molecule has 0 aromatic heterocycles. The molecule has 0 fully saturated rings. The molecule has 64 valence electrons. The first-order chi connectivity index (χ1) is 6.20. The van der Waals surface area contributed by atoms with Gasteiger partial charge in [0.25, 0.3) is 0 Å². The van der Waals surface area contributed by atoms with E-state index in [-0.39, 0.29) is 16.3 Å². The van der Waals surface area contributed by atoms with Crippen LogP contribution in [0.15, 0.2) is 21.6 Å². The average molecular weight is 257 g/mol. The Balaban J connectivity index is 3.49. The monoisotopic (exact) mass is 256 g/mol. The Bertz CT molecular complexity index is 433. The molecular weight excluding hydrogens is 255 g/mol. The van der Waals surface area contributed by atoms with Crippen molar-refractivity contribution in [3.05, 3.63) is 27.2 Å². The van der Waals surface area contributed by atoms with E-state index in [2.05, 4.69) is 20.9 Å². The molecule has 0 amide bonds. The van der Waals surface area contributed by atoms with Gasteiger partial charge in [-0.3, -0.25) is 0 Å². The van der Waals surface area contributed by atoms with Gasteiger partial charge in [0.1, 0.15) is 11.8 Å². The van der Waals surface area contributed by atoms with Crippen molar-refractivity contribution in [2.24, 2.45) is 4.99 Å². The van der Waals surface area contributed by atoms with Gasteiger partial charge in [0, 0.05) is 4.47 Å². The van der Waals surface area contributed by atoms with Crippen LogP contribution in [-0.2, 0) is 4.79 Å². The van der Waals surface area contributed by atoms with Crippen LogP contribution in [-0.4, -0.2) is 6.08 Å². The van der Waals surface area contributed by atoms with Gasteiger partial charge in [-0.25, -0.2) is 4.79 Å². The molecule has 13 heavy (non-hydrogen) atoms. The lowest BCUT2D eigenvalue weighted by molar-refractivity contribution is 0.565. The van der Waals surface area contributed by atoms with Crippen LogP contribution in [0.1, 0.15) is 5.56 Å². The summed E-state index contributed by atoms with van der Waals surface area (Å²) in [6.07, 6.45) is 1.37. The van der Waals surface area contributed by atoms with Crippen molar-refractivity contribution >= 4 is 39.3 Å². The number of halogens is 2. The largest absolute Gasteiger partial charge is 0.240 e. The molecule has 1 rings (SSSR count). The summed E-state index contributed by atoms with van der Waals surface area (Å²) in [6.45, 7) is 0. The van der Waals surface area contributed by atoms with Crippen molar-refractivity contribution in [2.45, 2.75) is 0 Å². The van der Waals surface area contributed by atoms with Crippen LogP contribution in [0.5, 0.6) is 0 Å². The Kier molecular flexibility index (Phi) is 3.21. The number of nitriles is 1. The zero-order chi connectivity index (χ0) is 9.84. The molecule has 0 heterocycles. The van der Waals surface area contributed by atoms with Gasteiger partial charge in [0.2, 0.25) is 6.08 Å². The third kappa shape index (κ3) is 1.96. The maximum atomic E-state index is 10.0. The van der Waals surface area contributed by atoms with Crippen LogP contribution in [0.4, 0.5) is 5.69 Å². The van der Waals surface area contributed by atoms with E-state index in [9.17, 15) is 4.79 Å². The minimum atomic E-state index is 0.153. The molecule has 0 aliphatic carbocycles. The molecule has 0 N–H and O–H groups in total. The number of isocyanates is 1. The van der Waals surface area contributed by atoms with Gasteiger partial charge in [-0.2, -0.15) is 10.3 Å². The molecule has 0 bridgehead atoms. The molecule has 0 saturated heterocycles. The predicted octanol–water partition coefficient (Wildman–Crippen LogP) is 2.94. The van der Waals surface area contributed by atoms with Gasteiger partial charge in [-0.05, 0) is 28.1 Å². The van der Waals surface area contributed by atoms with E-state index < -0.39 is 0 Å². The summed E-state index contributed by atoms with van der Waals surface area (Å²) >= 11 is 8.91. The fourth-order valence-electron chi connectivity index (χ4n) is 0.775. The maximum absolute atomic E-state index is 10.0. The highest BCUT2D eigenvalue weighted by atomic mass is 79.9. The lowest BCUT2D eigenvalue weighted by Crippen LogP contribution is -1.78. The smallest absolute Gasteiger partial charge is 0.211 e. The molecule has 3 nitrogen and oxygen atoms in total. The van der Waals surface area contributed by atoms with E-state index in [0.717, 1.165) is 0 Å². The van der Waals surface area contributed by atoms with Gasteiger partial charge < -0.3 is 0 Å². The molecule has 1 aromatic carbocycles. The zero-order valence-corrected chi connectivity index (χ0v) is 8.56. The first-order valence-corrected chi connectivity index (χ1v) is 4.33. The van der Waals surface area contributed by atoms with E-state index >= 15 is 0 Å². The number of hydrogen-bond donors (Lipinski definition) is 0. The zero-order valence-electron chi connectivity index (χ0n) is 6.21. The third-order valence-electron chi connectivity index (χ3n) is 1.34. The van der Waals surface area contributed by atoms with Gasteiger partial charge in [-0.15, -0.1) is 0 Å². The van der Waals surface area contributed by atoms with E-state index in [0.29, 0.717) is 4.47 Å². The molecular formula is C8H2BrClN2O. The van der Waals surface area contributed by atoms with E-state index in [1.807, 2.05) is 6.07 Å². The quantitative estimate of drug-likeness (QED) is 0.574. The lowest BCUT2D eigenvalue weighted by atomic mass is 10.2. The number of hydrogen-bond acceptors (Lipinski definition) is 3. The third-order valence-corrected chi connectivity index (χ3v) is 2.37. The van der Waals surface area contributed by atoms with Crippen LogP contribution in [0, 0.1) is 11.3 Å². The van der Waals surface area contributed by atoms with Gasteiger partial charge >= 0.3 is 0 Å². The van der Waals surface area contributed by atoms with Gasteiger partial charge in [-0.1, -0.05) is 11.6 Å². The Morgan fingerprint density at radius 1 is 1.54 bits per heavy atom. The Morgan fingerprint density at radius 3 is 2.77 bits per heavy atom. The molecule has 0 atom stereocenters. The second kappa shape index (κ2) is 4.20. The molecule has 0 saturated carbocycles. The summed E-state index contributed by atoms with van der Waals surface area (Å²) in [5.41, 5.74) is 0.509. The molecule has 0 radical (unpaired) electrons. The normalized spacial score (nSPS) is 8.69. The Hall–Kier alpha value is -1.14. The minimum absolute atomic E-state index is 0.153. The minimum Gasteiger partial charge on any atom is -0.211 e. The van der Waals surface area contributed by atoms with E-state index in [1.54, 1.807) is 6.07 Å². The number of carbonyl (C=O) groups excluding carboxylic acids is 1. The van der Waals surface area contributed by atoms with Crippen LogP contribution in [0.3, 0.4) is 0 Å². The standard InChI is InChI=1S/C8H2BrClN2O/c9-6-2-1-5(3-11)7(10)8(6)12-4-13/h1-2H. The highest BCUT2D eigenvalue weighted by Crippen LogP contribution is 2.35. The van der Waals surface area contributed by atoms with Crippen molar-refractivity contribution in [3.8, 4) is 6.07 Å². The highest BCUT2D eigenvalue weighted by Gasteiger charge is 2.08. The van der Waals surface area contributed by atoms with E-state index in [1.165, 1.54) is 12.1 Å². The molecule has 0 aliphatic rings. The number of rotatable bonds is 1. The van der Waals surface area contributed by atoms with Crippen molar-refractivity contribution < 1.29 is 4.79 Å². The topological polar surface area (TPSA) is 53.2 Å². The fourth-order valence-corrected chi connectivity index (χ4v) is 1.56. The second-order valence-electron chi connectivity index (χ2n) is 2.07. The van der Waals surface area contributed by atoms with Crippen molar-refractivity contribution in [1.29, 1.82) is 5.26 Å². The number of aliphatic imine (C=N–C) groups is 1. The SMILES string of the molecule is N#Cc1ccc(Br)c(N=C=O)c1Cl. The van der Waals surface area contributed by atoms with E-state index in [4.69, 9.17) is 16.9 Å². The maximum Gasteiger partial charge on any atom is 0.240 e. The summed E-state index contributed by atoms with van der Waals surface area (Å²) in [7, 11) is 0. The summed E-state index contributed by atoms with van der Waals surface area (Å²) in [4.78, 5) is 13.4. The predicted molar refractivity (Wildman–Crippen MR) is 51.6 cm³/mol. The van der Waals surface area contributed by atoms with Crippen molar-refractivity contribution in [1.82, 2.24) is 0 Å². The van der Waals surface area contributed by atoms with Crippen molar-refractivity contribution in [2.75, 3.05) is 0 Å². The Labute approximate surface area is 87.8 Å². The number of nitrogens with zero attached hydrogens (tertiary/aromatic N) is 2. The highest BCUT2D eigenvalue weighted by molar-refractivity contribution is 9.10. The summed E-state index contributed by atoms with van der Waals surface area (Å²) in [5, 5.41) is 8.77. The molecule has 0 aliphatic heterocycles. The number of benzene rings is 1. The summed E-state index contributed by atoms with van der Waals surface area (Å²) in [6, 6.07) is 5.01.